The van der Waals surface area contributed by atoms with Gasteiger partial charge in [0, 0.05) is 16.6 Å². The summed E-state index contributed by atoms with van der Waals surface area (Å²) in [7, 11) is 0. The molecule has 3 aromatic heterocycles. The maximum Gasteiger partial charge on any atom is 0.206 e. The van der Waals surface area contributed by atoms with Gasteiger partial charge in [0.15, 0.2) is 11.5 Å². The molecule has 2 N–H and O–H groups in total. The Kier molecular flexibility index (Phi) is 3.36. The van der Waals surface area contributed by atoms with E-state index in [-0.39, 0.29) is 11.5 Å². The summed E-state index contributed by atoms with van der Waals surface area (Å²) in [5.41, 5.74) is 9.95. The van der Waals surface area contributed by atoms with Gasteiger partial charge in [0.25, 0.3) is 0 Å². The van der Waals surface area contributed by atoms with E-state index in [1.165, 1.54) is 4.68 Å². The molecule has 0 atom stereocenters. The van der Waals surface area contributed by atoms with Crippen LogP contribution < -0.4 is 5.73 Å². The van der Waals surface area contributed by atoms with Crippen molar-refractivity contribution in [1.29, 1.82) is 5.26 Å². The maximum absolute atomic E-state index is 9.09. The van der Waals surface area contributed by atoms with Crippen LogP contribution in [-0.2, 0) is 0 Å². The van der Waals surface area contributed by atoms with Crippen molar-refractivity contribution >= 4 is 16.9 Å². The largest absolute Gasteiger partial charge is 0.381 e. The molecule has 4 rings (SSSR count). The molecule has 0 saturated heterocycles. The molecule has 25 heavy (non-hydrogen) atoms. The van der Waals surface area contributed by atoms with Crippen LogP contribution in [-0.4, -0.2) is 25.0 Å². The van der Waals surface area contributed by atoms with E-state index in [4.69, 9.17) is 11.0 Å². The lowest BCUT2D eigenvalue weighted by Gasteiger charge is -2.10. The van der Waals surface area contributed by atoms with E-state index in [0.717, 1.165) is 22.3 Å². The Hall–Kier alpha value is -3.79. The highest BCUT2D eigenvalue weighted by atomic mass is 15.5. The minimum absolute atomic E-state index is 0.0892. The van der Waals surface area contributed by atoms with Gasteiger partial charge in [-0.3, -0.25) is 0 Å². The van der Waals surface area contributed by atoms with E-state index in [1.807, 2.05) is 61.5 Å². The Balaban J connectivity index is 2.05. The van der Waals surface area contributed by atoms with Crippen molar-refractivity contribution < 1.29 is 0 Å². The molecule has 0 aliphatic rings. The van der Waals surface area contributed by atoms with Gasteiger partial charge in [-0.05, 0) is 25.1 Å². The second-order valence-electron chi connectivity index (χ2n) is 5.56. The number of pyridine rings is 2. The number of nitrogens with zero attached hydrogens (tertiary/aromatic N) is 6. The van der Waals surface area contributed by atoms with Gasteiger partial charge in [-0.2, -0.15) is 9.94 Å². The minimum Gasteiger partial charge on any atom is -0.381 e. The molecule has 7 nitrogen and oxygen atoms in total. The highest BCUT2D eigenvalue weighted by molar-refractivity contribution is 5.88. The third-order valence-corrected chi connectivity index (χ3v) is 3.90. The fourth-order valence-electron chi connectivity index (χ4n) is 2.66. The van der Waals surface area contributed by atoms with Crippen LogP contribution in [0.5, 0.6) is 0 Å². The molecule has 0 spiro atoms. The molecule has 0 bridgehead atoms. The molecule has 7 heteroatoms. The van der Waals surface area contributed by atoms with Crippen LogP contribution in [0.3, 0.4) is 0 Å². The molecule has 3 heterocycles. The van der Waals surface area contributed by atoms with Gasteiger partial charge < -0.3 is 5.73 Å². The lowest BCUT2D eigenvalue weighted by Crippen LogP contribution is -2.05. The SMILES string of the molecule is Cc1ccc2c(-n3nnc(C#N)c3N)cc(-c3ccccc3)nc2n1. The van der Waals surface area contributed by atoms with Crippen LogP contribution in [0.1, 0.15) is 11.4 Å². The van der Waals surface area contributed by atoms with Crippen molar-refractivity contribution in [2.45, 2.75) is 6.92 Å². The monoisotopic (exact) mass is 327 g/mol. The predicted molar refractivity (Wildman–Crippen MR) is 93.8 cm³/mol. The molecule has 0 amide bonds. The zero-order chi connectivity index (χ0) is 17.4. The molecule has 0 fully saturated rings. The van der Waals surface area contributed by atoms with Gasteiger partial charge in [-0.15, -0.1) is 5.10 Å². The maximum atomic E-state index is 9.09. The average Bonchev–Trinajstić information content (AvgIpc) is 3.01. The van der Waals surface area contributed by atoms with E-state index < -0.39 is 0 Å². The molecule has 0 saturated carbocycles. The van der Waals surface area contributed by atoms with E-state index >= 15 is 0 Å². The first-order valence-corrected chi connectivity index (χ1v) is 7.63. The summed E-state index contributed by atoms with van der Waals surface area (Å²) in [6.45, 7) is 1.91. The molecule has 0 radical (unpaired) electrons. The third-order valence-electron chi connectivity index (χ3n) is 3.90. The number of nitrogen functional groups attached to an aromatic ring is 1. The van der Waals surface area contributed by atoms with Crippen LogP contribution in [0.15, 0.2) is 48.5 Å². The Bertz CT molecular complexity index is 1120. The first-order valence-electron chi connectivity index (χ1n) is 7.63. The van der Waals surface area contributed by atoms with Crippen molar-refractivity contribution in [2.24, 2.45) is 0 Å². The second kappa shape index (κ2) is 5.69. The number of hydrogen-bond acceptors (Lipinski definition) is 6. The van der Waals surface area contributed by atoms with Crippen molar-refractivity contribution in [1.82, 2.24) is 25.0 Å². The number of hydrogen-bond donors (Lipinski definition) is 1. The number of nitriles is 1. The zero-order valence-corrected chi connectivity index (χ0v) is 13.4. The molecule has 1 aromatic carbocycles. The van der Waals surface area contributed by atoms with Crippen molar-refractivity contribution in [3.8, 4) is 23.0 Å². The summed E-state index contributed by atoms with van der Waals surface area (Å²) in [4.78, 5) is 9.20. The Morgan fingerprint density at radius 1 is 1.08 bits per heavy atom. The minimum atomic E-state index is 0.0892. The lowest BCUT2D eigenvalue weighted by molar-refractivity contribution is 0.812. The third kappa shape index (κ3) is 2.46. The van der Waals surface area contributed by atoms with Gasteiger partial charge in [0.2, 0.25) is 5.69 Å². The normalized spacial score (nSPS) is 10.7. The summed E-state index contributed by atoms with van der Waals surface area (Å²) in [6, 6.07) is 17.4. The number of anilines is 1. The number of benzene rings is 1. The highest BCUT2D eigenvalue weighted by Crippen LogP contribution is 2.28. The number of nitrogens with two attached hydrogens (primary N) is 1. The summed E-state index contributed by atoms with van der Waals surface area (Å²) >= 11 is 0. The van der Waals surface area contributed by atoms with Crippen LogP contribution in [0.4, 0.5) is 5.82 Å². The fourth-order valence-corrected chi connectivity index (χ4v) is 2.66. The first kappa shape index (κ1) is 14.8. The topological polar surface area (TPSA) is 106 Å². The van der Waals surface area contributed by atoms with Gasteiger partial charge in [-0.1, -0.05) is 35.5 Å². The number of rotatable bonds is 2. The van der Waals surface area contributed by atoms with Crippen molar-refractivity contribution in [3.63, 3.8) is 0 Å². The summed E-state index contributed by atoms with van der Waals surface area (Å²) in [5.74, 6) is 0.189. The summed E-state index contributed by atoms with van der Waals surface area (Å²) in [6.07, 6.45) is 0. The van der Waals surface area contributed by atoms with Crippen LogP contribution >= 0.6 is 0 Å². The molecule has 4 aromatic rings. The quantitative estimate of drug-likeness (QED) is 0.606. The smallest absolute Gasteiger partial charge is 0.206 e. The predicted octanol–water partition coefficient (Wildman–Crippen LogP) is 2.64. The van der Waals surface area contributed by atoms with Crippen molar-refractivity contribution in [2.75, 3.05) is 5.73 Å². The average molecular weight is 327 g/mol. The molecule has 0 aliphatic heterocycles. The lowest BCUT2D eigenvalue weighted by atomic mass is 10.1. The Morgan fingerprint density at radius 2 is 1.88 bits per heavy atom. The first-order chi connectivity index (χ1) is 12.2. The van der Waals surface area contributed by atoms with Gasteiger partial charge in [0.1, 0.15) is 6.07 Å². The van der Waals surface area contributed by atoms with Gasteiger partial charge in [-0.25, -0.2) is 9.97 Å². The number of fused-ring (bicyclic) bond motifs is 1. The van der Waals surface area contributed by atoms with Crippen molar-refractivity contribution in [3.05, 3.63) is 59.9 Å². The zero-order valence-electron chi connectivity index (χ0n) is 13.4. The Labute approximate surface area is 143 Å². The van der Waals surface area contributed by atoms with Gasteiger partial charge >= 0.3 is 0 Å². The molecular weight excluding hydrogens is 314 g/mol. The van der Waals surface area contributed by atoms with E-state index in [9.17, 15) is 0 Å². The van der Waals surface area contributed by atoms with E-state index in [2.05, 4.69) is 20.3 Å². The number of aromatic nitrogens is 5. The van der Waals surface area contributed by atoms with Crippen LogP contribution in [0, 0.1) is 18.3 Å². The van der Waals surface area contributed by atoms with E-state index in [1.54, 1.807) is 0 Å². The molecule has 0 aliphatic carbocycles. The summed E-state index contributed by atoms with van der Waals surface area (Å²) in [5, 5.41) is 17.7. The molecule has 0 unspecified atom stereocenters. The number of aryl methyl sites for hydroxylation is 1. The summed E-state index contributed by atoms with van der Waals surface area (Å²) < 4.78 is 1.45. The second-order valence-corrected chi connectivity index (χ2v) is 5.56. The van der Waals surface area contributed by atoms with Gasteiger partial charge in [0.05, 0.1) is 11.4 Å². The van der Waals surface area contributed by atoms with E-state index in [0.29, 0.717) is 11.3 Å². The fraction of sp³-hybridized carbons (Fsp3) is 0.0556. The highest BCUT2D eigenvalue weighted by Gasteiger charge is 2.16. The Morgan fingerprint density at radius 3 is 2.60 bits per heavy atom. The molecular formula is C18H13N7. The molecule has 120 valence electrons. The van der Waals surface area contributed by atoms with Crippen LogP contribution in [0.25, 0.3) is 28.0 Å². The van der Waals surface area contributed by atoms with Crippen LogP contribution in [0.2, 0.25) is 0 Å². The standard InChI is InChI=1S/C18H13N7/c1-11-7-8-13-16(25-17(20)15(10-19)23-24-25)9-14(22-18(13)21-11)12-5-3-2-4-6-12/h2-9H,20H2,1H3.